The van der Waals surface area contributed by atoms with Crippen LogP contribution in [-0.4, -0.2) is 35.5 Å². The van der Waals surface area contributed by atoms with E-state index in [1.165, 1.54) is 12.1 Å². The lowest BCUT2D eigenvalue weighted by atomic mass is 9.93. The number of amides is 1. The Bertz CT molecular complexity index is 1300. The summed E-state index contributed by atoms with van der Waals surface area (Å²) < 4.78 is 19.5. The summed E-state index contributed by atoms with van der Waals surface area (Å²) >= 11 is 0. The van der Waals surface area contributed by atoms with Gasteiger partial charge >= 0.3 is 0 Å². The van der Waals surface area contributed by atoms with Gasteiger partial charge in [0.2, 0.25) is 0 Å². The maximum Gasteiger partial charge on any atom is 0.255 e. The Morgan fingerprint density at radius 1 is 0.941 bits per heavy atom. The van der Waals surface area contributed by atoms with Gasteiger partial charge in [0.15, 0.2) is 0 Å². The topological polar surface area (TPSA) is 45.3 Å². The molecule has 0 unspecified atom stereocenters. The van der Waals surface area contributed by atoms with Gasteiger partial charge in [-0.05, 0) is 60.4 Å². The van der Waals surface area contributed by atoms with Crippen LogP contribution < -0.4 is 0 Å². The maximum absolute atomic E-state index is 13.7. The third kappa shape index (κ3) is 4.12. The average Bonchev–Trinajstić information content (AvgIpc) is 3.37. The second-order valence-corrected chi connectivity index (χ2v) is 8.77. The number of para-hydroxylation sites is 1. The quantitative estimate of drug-likeness (QED) is 0.284. The normalized spacial score (nSPS) is 15.3. The van der Waals surface area contributed by atoms with Crippen molar-refractivity contribution in [1.82, 2.24) is 9.88 Å². The highest BCUT2D eigenvalue weighted by atomic mass is 19.1. The number of halogens is 1. The van der Waals surface area contributed by atoms with Crippen LogP contribution in [0.3, 0.4) is 0 Å². The fourth-order valence-corrected chi connectivity index (χ4v) is 4.89. The summed E-state index contributed by atoms with van der Waals surface area (Å²) in [5, 5.41) is 1.07. The van der Waals surface area contributed by atoms with Crippen LogP contribution in [0, 0.1) is 5.82 Å². The molecule has 34 heavy (non-hydrogen) atoms. The number of benzene rings is 3. The number of carbonyl (C=O) groups excluding carboxylic acids is 1. The zero-order valence-corrected chi connectivity index (χ0v) is 19.4. The van der Waals surface area contributed by atoms with Gasteiger partial charge in [-0.3, -0.25) is 4.79 Å². The Hall–Kier alpha value is -3.44. The molecule has 1 amide bonds. The van der Waals surface area contributed by atoms with Crippen LogP contribution in [0.25, 0.3) is 22.2 Å². The van der Waals surface area contributed by atoms with E-state index < -0.39 is 0 Å². The molecule has 5 rings (SSSR count). The van der Waals surface area contributed by atoms with Crippen LogP contribution in [0.15, 0.2) is 72.8 Å². The largest absolute Gasteiger partial charge is 0.381 e. The highest BCUT2D eigenvalue weighted by molar-refractivity contribution is 6.02. The van der Waals surface area contributed by atoms with Gasteiger partial charge in [-0.25, -0.2) is 4.39 Å². The summed E-state index contributed by atoms with van der Waals surface area (Å²) in [6.45, 7) is 4.14. The molecule has 2 heterocycles. The molecule has 1 aliphatic heterocycles. The molecule has 1 N–H and O–H groups in total. The molecule has 0 saturated heterocycles. The molecular weight excluding hydrogens is 427 g/mol. The third-order valence-corrected chi connectivity index (χ3v) is 6.54. The van der Waals surface area contributed by atoms with E-state index >= 15 is 0 Å². The van der Waals surface area contributed by atoms with Gasteiger partial charge in [-0.2, -0.15) is 0 Å². The first kappa shape index (κ1) is 22.4. The molecule has 0 aliphatic carbocycles. The van der Waals surface area contributed by atoms with Crippen LogP contribution in [-0.2, 0) is 4.74 Å². The fourth-order valence-electron chi connectivity index (χ4n) is 4.89. The summed E-state index contributed by atoms with van der Waals surface area (Å²) in [4.78, 5) is 19.0. The second kappa shape index (κ2) is 9.82. The van der Waals surface area contributed by atoms with Crippen molar-refractivity contribution in [3.8, 4) is 11.3 Å². The molecule has 4 aromatic rings. The van der Waals surface area contributed by atoms with Crippen molar-refractivity contribution >= 4 is 16.8 Å². The van der Waals surface area contributed by atoms with Gasteiger partial charge < -0.3 is 14.6 Å². The summed E-state index contributed by atoms with van der Waals surface area (Å²) in [7, 11) is 0. The Morgan fingerprint density at radius 2 is 1.68 bits per heavy atom. The molecule has 3 aromatic carbocycles. The molecule has 174 valence electrons. The summed E-state index contributed by atoms with van der Waals surface area (Å²) in [5.74, 6) is -0.225. The highest BCUT2D eigenvalue weighted by Crippen LogP contribution is 2.45. The van der Waals surface area contributed by atoms with Gasteiger partial charge in [0.05, 0.1) is 11.7 Å². The van der Waals surface area contributed by atoms with Crippen molar-refractivity contribution in [2.24, 2.45) is 0 Å². The summed E-state index contributed by atoms with van der Waals surface area (Å²) in [6, 6.07) is 22.3. The first-order chi connectivity index (χ1) is 16.7. The van der Waals surface area contributed by atoms with Crippen LogP contribution in [0.4, 0.5) is 4.39 Å². The molecule has 0 bridgehead atoms. The lowest BCUT2D eigenvalue weighted by molar-refractivity contribution is 0.0709. The van der Waals surface area contributed by atoms with Gasteiger partial charge in [0.1, 0.15) is 5.82 Å². The van der Waals surface area contributed by atoms with E-state index in [9.17, 15) is 9.18 Å². The first-order valence-electron chi connectivity index (χ1n) is 12.0. The number of carbonyl (C=O) groups is 1. The van der Waals surface area contributed by atoms with E-state index in [1.807, 2.05) is 47.4 Å². The highest BCUT2D eigenvalue weighted by Gasteiger charge is 2.39. The number of unbranched alkanes of at least 4 members (excludes halogenated alkanes) is 1. The predicted molar refractivity (Wildman–Crippen MR) is 133 cm³/mol. The van der Waals surface area contributed by atoms with E-state index in [1.54, 1.807) is 12.1 Å². The minimum absolute atomic E-state index is 0.0458. The van der Waals surface area contributed by atoms with Crippen LogP contribution in [0.1, 0.15) is 53.7 Å². The molecule has 0 fully saturated rings. The Morgan fingerprint density at radius 3 is 2.50 bits per heavy atom. The first-order valence-corrected chi connectivity index (χ1v) is 12.0. The average molecular weight is 457 g/mol. The van der Waals surface area contributed by atoms with E-state index in [4.69, 9.17) is 4.74 Å². The molecule has 5 heteroatoms. The smallest absolute Gasteiger partial charge is 0.255 e. The Labute approximate surface area is 199 Å². The number of aromatic amines is 1. The second-order valence-electron chi connectivity index (χ2n) is 8.77. The lowest BCUT2D eigenvalue weighted by Crippen LogP contribution is -2.30. The maximum atomic E-state index is 13.7. The number of nitrogens with zero attached hydrogens (tertiary/aromatic N) is 1. The molecule has 1 aromatic heterocycles. The number of fused-ring (bicyclic) bond motifs is 2. The molecule has 0 radical (unpaired) electrons. The minimum atomic E-state index is -0.271. The van der Waals surface area contributed by atoms with Crippen molar-refractivity contribution in [2.75, 3.05) is 19.8 Å². The van der Waals surface area contributed by atoms with Crippen molar-refractivity contribution in [1.29, 1.82) is 0 Å². The zero-order chi connectivity index (χ0) is 23.5. The number of hydrogen-bond donors (Lipinski definition) is 1. The molecule has 1 aliphatic rings. The zero-order valence-electron chi connectivity index (χ0n) is 19.4. The summed E-state index contributed by atoms with van der Waals surface area (Å²) in [5.41, 5.74) is 5.61. The van der Waals surface area contributed by atoms with Crippen LogP contribution >= 0.6 is 0 Å². The standard InChI is InChI=1S/C29H29FN2O2/c1-2-3-18-34-19-8-17-32-28(22-9-4-5-10-23(22)29(32)33)26-24-11-6-7-12-25(24)31-27(26)20-13-15-21(30)16-14-20/h4-7,9-16,28,31H,2-3,8,17-19H2,1H3/t28-/m1/s1. The minimum Gasteiger partial charge on any atom is -0.381 e. The van der Waals surface area contributed by atoms with E-state index in [0.717, 1.165) is 64.7 Å². The monoisotopic (exact) mass is 456 g/mol. The number of H-pyrrole nitrogens is 1. The number of rotatable bonds is 9. The number of aromatic nitrogens is 1. The predicted octanol–water partition coefficient (Wildman–Crippen LogP) is 6.73. The molecule has 4 nitrogen and oxygen atoms in total. The number of nitrogens with one attached hydrogen (secondary N) is 1. The van der Waals surface area contributed by atoms with E-state index in [-0.39, 0.29) is 17.8 Å². The molecular formula is C29H29FN2O2. The Kier molecular flexibility index (Phi) is 6.45. The third-order valence-electron chi connectivity index (χ3n) is 6.54. The lowest BCUT2D eigenvalue weighted by Gasteiger charge is -2.27. The number of hydrogen-bond acceptors (Lipinski definition) is 2. The van der Waals surface area contributed by atoms with Gasteiger partial charge in [-0.15, -0.1) is 0 Å². The van der Waals surface area contributed by atoms with E-state index in [0.29, 0.717) is 13.2 Å². The van der Waals surface area contributed by atoms with E-state index in [2.05, 4.69) is 18.0 Å². The number of ether oxygens (including phenoxy) is 1. The fraction of sp³-hybridized carbons (Fsp3) is 0.276. The molecule has 1 atom stereocenters. The van der Waals surface area contributed by atoms with Crippen LogP contribution in [0.5, 0.6) is 0 Å². The van der Waals surface area contributed by atoms with Crippen molar-refractivity contribution < 1.29 is 13.9 Å². The Balaban J connectivity index is 1.58. The van der Waals surface area contributed by atoms with Crippen molar-refractivity contribution in [3.63, 3.8) is 0 Å². The molecule has 0 spiro atoms. The van der Waals surface area contributed by atoms with Gasteiger partial charge in [0.25, 0.3) is 5.91 Å². The van der Waals surface area contributed by atoms with Crippen molar-refractivity contribution in [3.05, 3.63) is 95.3 Å². The van der Waals surface area contributed by atoms with Crippen LogP contribution in [0.2, 0.25) is 0 Å². The molecule has 0 saturated carbocycles. The van der Waals surface area contributed by atoms with Gasteiger partial charge in [0, 0.05) is 41.8 Å². The summed E-state index contributed by atoms with van der Waals surface area (Å²) in [6.07, 6.45) is 2.93. The van der Waals surface area contributed by atoms with Gasteiger partial charge in [-0.1, -0.05) is 49.7 Å². The van der Waals surface area contributed by atoms with Crippen molar-refractivity contribution in [2.45, 2.75) is 32.2 Å². The SMILES string of the molecule is CCCCOCCCN1C(=O)c2ccccc2[C@@H]1c1c(-c2ccc(F)cc2)[nH]c2ccccc12.